The molecule has 0 unspecified atom stereocenters. The van der Waals surface area contributed by atoms with E-state index < -0.39 is 22.9 Å². The van der Waals surface area contributed by atoms with E-state index in [1.165, 1.54) is 12.1 Å². The molecular weight excluding hydrogens is 421 g/mol. The smallest absolute Gasteiger partial charge is 0.416 e. The maximum Gasteiger partial charge on any atom is 0.416 e. The molecule has 0 atom stereocenters. The quantitative estimate of drug-likeness (QED) is 0.512. The number of fused-ring (bicyclic) bond motifs is 1. The first-order chi connectivity index (χ1) is 14.9. The zero-order chi connectivity index (χ0) is 23.3. The molecule has 1 fully saturated rings. The Balaban J connectivity index is 1.47. The van der Waals surface area contributed by atoms with Crippen molar-refractivity contribution in [3.05, 3.63) is 59.8 Å². The number of nitrogens with one attached hydrogen (secondary N) is 2. The van der Waals surface area contributed by atoms with Gasteiger partial charge < -0.3 is 19.8 Å². The fourth-order valence-corrected chi connectivity index (χ4v) is 4.66. The molecule has 32 heavy (non-hydrogen) atoms. The van der Waals surface area contributed by atoms with Crippen LogP contribution in [0.1, 0.15) is 38.8 Å². The molecule has 0 aliphatic carbocycles. The minimum absolute atomic E-state index is 0.122. The van der Waals surface area contributed by atoms with Crippen molar-refractivity contribution in [2.45, 2.75) is 51.7 Å². The van der Waals surface area contributed by atoms with Gasteiger partial charge in [0.1, 0.15) is 12.4 Å². The number of H-pyrrole nitrogens is 1. The largest absolute Gasteiger partial charge is 0.489 e. The Labute approximate surface area is 183 Å². The van der Waals surface area contributed by atoms with Crippen LogP contribution in [0.5, 0.6) is 5.75 Å². The van der Waals surface area contributed by atoms with Crippen LogP contribution in [0.4, 0.5) is 18.9 Å². The van der Waals surface area contributed by atoms with Crippen LogP contribution in [0.3, 0.4) is 0 Å². The fourth-order valence-electron chi connectivity index (χ4n) is 4.66. The van der Waals surface area contributed by atoms with Crippen LogP contribution >= 0.6 is 0 Å². The SMILES string of the molecule is CC1(C)OC(C)(C)C1C(=O)Nc1c[nH]c2ccc(OCc3ccc(C(F)(F)F)cc3)cc12. The molecular formula is C24H25F3N2O3. The summed E-state index contributed by atoms with van der Waals surface area (Å²) in [5.74, 6) is 0.113. The monoisotopic (exact) mass is 446 g/mol. The zero-order valence-corrected chi connectivity index (χ0v) is 18.3. The molecule has 1 aromatic heterocycles. The molecule has 1 aliphatic heterocycles. The summed E-state index contributed by atoms with van der Waals surface area (Å²) < 4.78 is 49.7. The molecule has 3 aromatic rings. The van der Waals surface area contributed by atoms with Crippen LogP contribution in [0.25, 0.3) is 10.9 Å². The summed E-state index contributed by atoms with van der Waals surface area (Å²) in [7, 11) is 0. The van der Waals surface area contributed by atoms with Crippen LogP contribution in [0.2, 0.25) is 0 Å². The normalized spacial score (nSPS) is 17.7. The van der Waals surface area contributed by atoms with E-state index in [1.807, 2.05) is 33.8 Å². The predicted molar refractivity (Wildman–Crippen MR) is 115 cm³/mol. The van der Waals surface area contributed by atoms with E-state index in [4.69, 9.17) is 9.47 Å². The van der Waals surface area contributed by atoms with Crippen LogP contribution < -0.4 is 10.1 Å². The molecule has 8 heteroatoms. The van der Waals surface area contributed by atoms with E-state index in [9.17, 15) is 18.0 Å². The molecule has 2 aromatic carbocycles. The average molecular weight is 446 g/mol. The van der Waals surface area contributed by atoms with Crippen molar-refractivity contribution in [1.82, 2.24) is 4.98 Å². The minimum Gasteiger partial charge on any atom is -0.489 e. The maximum atomic E-state index is 12.9. The Hall–Kier alpha value is -3.00. The van der Waals surface area contributed by atoms with Gasteiger partial charge in [-0.05, 0) is 63.6 Å². The molecule has 1 amide bonds. The average Bonchev–Trinajstić information content (AvgIpc) is 3.06. The number of carbonyl (C=O) groups is 1. The summed E-state index contributed by atoms with van der Waals surface area (Å²) in [5, 5.41) is 3.76. The van der Waals surface area contributed by atoms with Crippen LogP contribution in [0, 0.1) is 5.92 Å². The second-order valence-corrected chi connectivity index (χ2v) is 9.12. The molecule has 2 heterocycles. The number of rotatable bonds is 5. The number of benzene rings is 2. The van der Waals surface area contributed by atoms with E-state index >= 15 is 0 Å². The molecule has 2 N–H and O–H groups in total. The van der Waals surface area contributed by atoms with Gasteiger partial charge in [-0.2, -0.15) is 13.2 Å². The summed E-state index contributed by atoms with van der Waals surface area (Å²) in [6.07, 6.45) is -2.64. The lowest BCUT2D eigenvalue weighted by atomic mass is 9.71. The van der Waals surface area contributed by atoms with Crippen molar-refractivity contribution in [2.24, 2.45) is 5.92 Å². The van der Waals surface area contributed by atoms with Crippen molar-refractivity contribution >= 4 is 22.5 Å². The van der Waals surface area contributed by atoms with Gasteiger partial charge in [0.2, 0.25) is 5.91 Å². The second kappa shape index (κ2) is 7.55. The number of ether oxygens (including phenoxy) is 2. The number of halogens is 3. The number of hydrogen-bond donors (Lipinski definition) is 2. The van der Waals surface area contributed by atoms with E-state index in [-0.39, 0.29) is 18.4 Å². The molecule has 1 saturated heterocycles. The fraction of sp³-hybridized carbons (Fsp3) is 0.375. The molecule has 0 saturated carbocycles. The highest BCUT2D eigenvalue weighted by atomic mass is 19.4. The van der Waals surface area contributed by atoms with Crippen LogP contribution in [-0.2, 0) is 22.3 Å². The summed E-state index contributed by atoms with van der Waals surface area (Å²) in [4.78, 5) is 16.1. The van der Waals surface area contributed by atoms with Crippen LogP contribution in [-0.4, -0.2) is 22.1 Å². The summed E-state index contributed by atoms with van der Waals surface area (Å²) in [5.41, 5.74) is 0.286. The predicted octanol–water partition coefficient (Wildman–Crippen LogP) is 5.91. The maximum absolute atomic E-state index is 12.9. The Morgan fingerprint density at radius 1 is 1.09 bits per heavy atom. The van der Waals surface area contributed by atoms with Gasteiger partial charge in [-0.25, -0.2) is 0 Å². The number of alkyl halides is 3. The van der Waals surface area contributed by atoms with Gasteiger partial charge in [0.05, 0.1) is 28.4 Å². The molecule has 1 aliphatic rings. The Morgan fingerprint density at radius 3 is 2.34 bits per heavy atom. The number of aromatic nitrogens is 1. The lowest BCUT2D eigenvalue weighted by Crippen LogP contribution is -2.66. The van der Waals surface area contributed by atoms with Gasteiger partial charge in [-0.3, -0.25) is 4.79 Å². The Morgan fingerprint density at radius 2 is 1.75 bits per heavy atom. The second-order valence-electron chi connectivity index (χ2n) is 9.12. The Bertz CT molecular complexity index is 1130. The van der Waals surface area contributed by atoms with Gasteiger partial charge in [0.15, 0.2) is 0 Å². The van der Waals surface area contributed by atoms with Crippen molar-refractivity contribution < 1.29 is 27.4 Å². The highest BCUT2D eigenvalue weighted by Gasteiger charge is 2.58. The third kappa shape index (κ3) is 4.19. The van der Waals surface area contributed by atoms with E-state index in [0.717, 1.165) is 23.0 Å². The van der Waals surface area contributed by atoms with E-state index in [1.54, 1.807) is 18.3 Å². The highest BCUT2D eigenvalue weighted by Crippen LogP contribution is 2.47. The molecule has 4 rings (SSSR count). The summed E-state index contributed by atoms with van der Waals surface area (Å²) in [6.45, 7) is 7.70. The van der Waals surface area contributed by atoms with Gasteiger partial charge in [-0.15, -0.1) is 0 Å². The number of carbonyl (C=O) groups excluding carboxylic acids is 1. The first-order valence-corrected chi connectivity index (χ1v) is 10.3. The van der Waals surface area contributed by atoms with Crippen molar-refractivity contribution in [2.75, 3.05) is 5.32 Å². The minimum atomic E-state index is -4.37. The molecule has 0 bridgehead atoms. The number of hydrogen-bond acceptors (Lipinski definition) is 3. The van der Waals surface area contributed by atoms with Gasteiger partial charge in [0, 0.05) is 17.1 Å². The van der Waals surface area contributed by atoms with E-state index in [2.05, 4.69) is 10.3 Å². The van der Waals surface area contributed by atoms with Crippen LogP contribution in [0.15, 0.2) is 48.7 Å². The first kappa shape index (κ1) is 22.2. The molecule has 170 valence electrons. The first-order valence-electron chi connectivity index (χ1n) is 10.3. The zero-order valence-electron chi connectivity index (χ0n) is 18.3. The molecule has 0 radical (unpaired) electrons. The molecule has 0 spiro atoms. The number of amides is 1. The third-order valence-corrected chi connectivity index (χ3v) is 5.78. The lowest BCUT2D eigenvalue weighted by molar-refractivity contribution is -0.280. The molecule has 5 nitrogen and oxygen atoms in total. The standard InChI is InChI=1S/C24H25F3N2O3/c1-22(2)20(23(3,4)32-22)21(30)29-19-12-28-18-10-9-16(11-17(18)19)31-13-14-5-7-15(8-6-14)24(25,26)27/h5-12,20,28H,13H2,1-4H3,(H,29,30). The van der Waals surface area contributed by atoms with Crippen molar-refractivity contribution in [1.29, 1.82) is 0 Å². The lowest BCUT2D eigenvalue weighted by Gasteiger charge is -2.56. The third-order valence-electron chi connectivity index (χ3n) is 5.78. The summed E-state index contributed by atoms with van der Waals surface area (Å²) in [6, 6.07) is 10.2. The topological polar surface area (TPSA) is 63.3 Å². The van der Waals surface area contributed by atoms with Crippen molar-refractivity contribution in [3.8, 4) is 5.75 Å². The van der Waals surface area contributed by atoms with Crippen molar-refractivity contribution in [3.63, 3.8) is 0 Å². The highest BCUT2D eigenvalue weighted by molar-refractivity contribution is 6.03. The van der Waals surface area contributed by atoms with Gasteiger partial charge in [-0.1, -0.05) is 12.1 Å². The van der Waals surface area contributed by atoms with Gasteiger partial charge >= 0.3 is 6.18 Å². The summed E-state index contributed by atoms with van der Waals surface area (Å²) >= 11 is 0. The number of anilines is 1. The van der Waals surface area contributed by atoms with E-state index in [0.29, 0.717) is 17.0 Å². The number of aromatic amines is 1. The van der Waals surface area contributed by atoms with Gasteiger partial charge in [0.25, 0.3) is 0 Å². The Kier molecular flexibility index (Phi) is 5.24.